The second-order valence-corrected chi connectivity index (χ2v) is 5.74. The molecular formula is C14H16ClFN4O2. The molecule has 2 N–H and O–H groups in total. The number of hydrogen-bond acceptors (Lipinski definition) is 5. The third-order valence-electron chi connectivity index (χ3n) is 3.78. The minimum absolute atomic E-state index is 0.250. The predicted molar refractivity (Wildman–Crippen MR) is 78.2 cm³/mol. The van der Waals surface area contributed by atoms with Crippen molar-refractivity contribution in [3.63, 3.8) is 0 Å². The van der Waals surface area contributed by atoms with Crippen LogP contribution < -0.4 is 4.74 Å². The van der Waals surface area contributed by atoms with Crippen molar-refractivity contribution in [2.24, 2.45) is 0 Å². The molecule has 6 nitrogen and oxygen atoms in total. The lowest BCUT2D eigenvalue weighted by atomic mass is 10.0. The first kappa shape index (κ1) is 15.2. The zero-order valence-electron chi connectivity index (χ0n) is 11.8. The van der Waals surface area contributed by atoms with E-state index in [1.165, 1.54) is 24.4 Å². The van der Waals surface area contributed by atoms with Crippen molar-refractivity contribution in [3.05, 3.63) is 40.9 Å². The van der Waals surface area contributed by atoms with Crippen LogP contribution in [-0.4, -0.2) is 51.7 Å². The van der Waals surface area contributed by atoms with Gasteiger partial charge in [-0.15, -0.1) is 0 Å². The number of hydrogen-bond donors (Lipinski definition) is 2. The van der Waals surface area contributed by atoms with Crippen LogP contribution in [0.15, 0.2) is 24.4 Å². The van der Waals surface area contributed by atoms with Gasteiger partial charge in [0.15, 0.2) is 0 Å². The molecule has 1 aliphatic rings. The van der Waals surface area contributed by atoms with E-state index >= 15 is 0 Å². The fourth-order valence-corrected chi connectivity index (χ4v) is 2.80. The number of benzene rings is 1. The van der Waals surface area contributed by atoms with Gasteiger partial charge in [0.1, 0.15) is 29.5 Å². The Bertz CT molecular complexity index is 640. The van der Waals surface area contributed by atoms with Gasteiger partial charge >= 0.3 is 0 Å². The SMILES string of the molecule is O[C@@]1(c2cn[nH]n2)CCN(CCOc2ccc(F)cc2Cl)C1. The van der Waals surface area contributed by atoms with Gasteiger partial charge in [-0.3, -0.25) is 4.90 Å². The van der Waals surface area contributed by atoms with Crippen LogP contribution in [0.2, 0.25) is 5.02 Å². The molecule has 22 heavy (non-hydrogen) atoms. The Hall–Kier alpha value is -1.70. The average Bonchev–Trinajstić information content (AvgIpc) is 3.12. The predicted octanol–water partition coefficient (Wildman–Crippen LogP) is 1.57. The van der Waals surface area contributed by atoms with E-state index in [9.17, 15) is 9.50 Å². The number of aromatic amines is 1. The van der Waals surface area contributed by atoms with E-state index in [0.717, 1.165) is 6.54 Å². The van der Waals surface area contributed by atoms with Gasteiger partial charge in [-0.1, -0.05) is 11.6 Å². The highest BCUT2D eigenvalue weighted by molar-refractivity contribution is 6.32. The van der Waals surface area contributed by atoms with E-state index < -0.39 is 11.4 Å². The maximum atomic E-state index is 12.9. The maximum absolute atomic E-state index is 12.9. The monoisotopic (exact) mass is 326 g/mol. The molecule has 0 amide bonds. The highest BCUT2D eigenvalue weighted by atomic mass is 35.5. The Balaban J connectivity index is 1.51. The number of nitrogens with one attached hydrogen (secondary N) is 1. The second kappa shape index (κ2) is 6.20. The molecule has 0 unspecified atom stereocenters. The largest absolute Gasteiger partial charge is 0.491 e. The third kappa shape index (κ3) is 3.21. The van der Waals surface area contributed by atoms with Crippen LogP contribution in [0.5, 0.6) is 5.75 Å². The molecular weight excluding hydrogens is 311 g/mol. The summed E-state index contributed by atoms with van der Waals surface area (Å²) in [6, 6.07) is 4.03. The average molecular weight is 327 g/mol. The van der Waals surface area contributed by atoms with E-state index in [4.69, 9.17) is 16.3 Å². The molecule has 0 saturated carbocycles. The zero-order valence-corrected chi connectivity index (χ0v) is 12.6. The minimum atomic E-state index is -0.972. The number of aliphatic hydroxyl groups is 1. The van der Waals surface area contributed by atoms with E-state index in [2.05, 4.69) is 20.3 Å². The Kier molecular flexibility index (Phi) is 4.28. The summed E-state index contributed by atoms with van der Waals surface area (Å²) < 4.78 is 18.5. The van der Waals surface area contributed by atoms with Crippen molar-refractivity contribution in [2.75, 3.05) is 26.2 Å². The number of aromatic nitrogens is 3. The summed E-state index contributed by atoms with van der Waals surface area (Å²) in [5.74, 6) is 0.0589. The van der Waals surface area contributed by atoms with Crippen LogP contribution in [0.25, 0.3) is 0 Å². The summed E-state index contributed by atoms with van der Waals surface area (Å²) in [5.41, 5.74) is -0.418. The highest BCUT2D eigenvalue weighted by Gasteiger charge is 2.39. The number of likely N-dealkylation sites (tertiary alicyclic amines) is 1. The lowest BCUT2D eigenvalue weighted by Gasteiger charge is -2.21. The standard InChI is InChI=1S/C14H16ClFN4O2/c15-11-7-10(16)1-2-12(11)22-6-5-20-4-3-14(21,9-20)13-8-17-19-18-13/h1-2,7-8,21H,3-6,9H2,(H,17,18,19)/t14-/m0/s1. The van der Waals surface area contributed by atoms with E-state index in [0.29, 0.717) is 37.6 Å². The summed E-state index contributed by atoms with van der Waals surface area (Å²) in [4.78, 5) is 2.08. The molecule has 1 aromatic carbocycles. The second-order valence-electron chi connectivity index (χ2n) is 5.34. The molecule has 1 aliphatic heterocycles. The Morgan fingerprint density at radius 3 is 3.09 bits per heavy atom. The normalized spacial score (nSPS) is 22.1. The number of ether oxygens (including phenoxy) is 1. The van der Waals surface area contributed by atoms with Gasteiger partial charge in [-0.05, 0) is 24.6 Å². The van der Waals surface area contributed by atoms with Crippen molar-refractivity contribution in [1.29, 1.82) is 0 Å². The Morgan fingerprint density at radius 1 is 1.50 bits per heavy atom. The lowest BCUT2D eigenvalue weighted by Crippen LogP contribution is -2.33. The molecule has 3 rings (SSSR count). The molecule has 2 heterocycles. The smallest absolute Gasteiger partial charge is 0.138 e. The summed E-state index contributed by atoms with van der Waals surface area (Å²) in [5, 5.41) is 21.0. The van der Waals surface area contributed by atoms with E-state index in [1.54, 1.807) is 0 Å². The molecule has 8 heteroatoms. The van der Waals surface area contributed by atoms with Gasteiger partial charge < -0.3 is 9.84 Å². The number of β-amino-alcohol motifs (C(OH)–C–C–N with tert-alkyl or cyclic N) is 1. The highest BCUT2D eigenvalue weighted by Crippen LogP contribution is 2.30. The molecule has 118 valence electrons. The van der Waals surface area contributed by atoms with Crippen molar-refractivity contribution < 1.29 is 14.2 Å². The van der Waals surface area contributed by atoms with Gasteiger partial charge in [-0.25, -0.2) is 4.39 Å². The van der Waals surface area contributed by atoms with Gasteiger partial charge in [0, 0.05) is 19.6 Å². The van der Waals surface area contributed by atoms with Gasteiger partial charge in [0.05, 0.1) is 11.2 Å². The fourth-order valence-electron chi connectivity index (χ4n) is 2.57. The van der Waals surface area contributed by atoms with Gasteiger partial charge in [0.2, 0.25) is 0 Å². The summed E-state index contributed by atoms with van der Waals surface area (Å²) in [6.45, 7) is 2.25. The Morgan fingerprint density at radius 2 is 2.36 bits per heavy atom. The third-order valence-corrected chi connectivity index (χ3v) is 4.07. The van der Waals surface area contributed by atoms with Crippen molar-refractivity contribution in [3.8, 4) is 5.75 Å². The summed E-state index contributed by atoms with van der Waals surface area (Å²) >= 11 is 5.90. The molecule has 0 aliphatic carbocycles. The Labute approximate surface area is 131 Å². The number of H-pyrrole nitrogens is 1. The molecule has 0 radical (unpaired) electrons. The van der Waals surface area contributed by atoms with Crippen molar-refractivity contribution in [1.82, 2.24) is 20.3 Å². The zero-order chi connectivity index (χ0) is 15.6. The van der Waals surface area contributed by atoms with Crippen LogP contribution in [0.4, 0.5) is 4.39 Å². The molecule has 2 aromatic rings. The van der Waals surface area contributed by atoms with Crippen LogP contribution in [0.1, 0.15) is 12.1 Å². The van der Waals surface area contributed by atoms with Crippen LogP contribution >= 0.6 is 11.6 Å². The number of nitrogens with zero attached hydrogens (tertiary/aromatic N) is 3. The summed E-state index contributed by atoms with van der Waals surface area (Å²) in [7, 11) is 0. The van der Waals surface area contributed by atoms with E-state index in [-0.39, 0.29) is 5.02 Å². The van der Waals surface area contributed by atoms with Crippen molar-refractivity contribution in [2.45, 2.75) is 12.0 Å². The van der Waals surface area contributed by atoms with Crippen molar-refractivity contribution >= 4 is 11.6 Å². The van der Waals surface area contributed by atoms with Crippen LogP contribution in [0, 0.1) is 5.82 Å². The van der Waals surface area contributed by atoms with Gasteiger partial charge in [-0.2, -0.15) is 15.4 Å². The first-order chi connectivity index (χ1) is 10.6. The van der Waals surface area contributed by atoms with Gasteiger partial charge in [0.25, 0.3) is 0 Å². The first-order valence-electron chi connectivity index (χ1n) is 6.96. The molecule has 1 saturated heterocycles. The molecule has 0 bridgehead atoms. The topological polar surface area (TPSA) is 74.3 Å². The fraction of sp³-hybridized carbons (Fsp3) is 0.429. The molecule has 1 aromatic heterocycles. The molecule has 1 atom stereocenters. The van der Waals surface area contributed by atoms with Crippen LogP contribution in [-0.2, 0) is 5.60 Å². The lowest BCUT2D eigenvalue weighted by molar-refractivity contribution is 0.0403. The van der Waals surface area contributed by atoms with E-state index in [1.807, 2.05) is 0 Å². The number of rotatable bonds is 5. The minimum Gasteiger partial charge on any atom is -0.491 e. The number of halogens is 2. The van der Waals surface area contributed by atoms with Crippen LogP contribution in [0.3, 0.4) is 0 Å². The summed E-state index contributed by atoms with van der Waals surface area (Å²) in [6.07, 6.45) is 2.13. The first-order valence-corrected chi connectivity index (χ1v) is 7.33. The molecule has 0 spiro atoms. The maximum Gasteiger partial charge on any atom is 0.138 e. The molecule has 1 fully saturated rings. The quantitative estimate of drug-likeness (QED) is 0.872.